The van der Waals surface area contributed by atoms with Gasteiger partial charge in [-0.15, -0.1) is 24.0 Å². The topological polar surface area (TPSA) is 52.1 Å². The molecule has 0 amide bonds. The number of guanidine groups is 1. The zero-order valence-electron chi connectivity index (χ0n) is 17.4. The number of benzene rings is 1. The molecule has 6 nitrogen and oxygen atoms in total. The zero-order valence-corrected chi connectivity index (χ0v) is 19.7. The second-order valence-corrected chi connectivity index (χ2v) is 7.51. The monoisotopic (exact) mass is 489 g/mol. The van der Waals surface area contributed by atoms with Crippen molar-refractivity contribution in [2.45, 2.75) is 32.4 Å². The number of nitrogens with zero attached hydrogens (tertiary/aromatic N) is 3. The van der Waals surface area contributed by atoms with Crippen LogP contribution in [0.1, 0.15) is 20.8 Å². The van der Waals surface area contributed by atoms with Crippen LogP contribution < -0.4 is 15.5 Å². The van der Waals surface area contributed by atoms with Gasteiger partial charge in [0, 0.05) is 57.5 Å². The first kappa shape index (κ1) is 24.0. The van der Waals surface area contributed by atoms with E-state index in [0.29, 0.717) is 6.04 Å². The number of anilines is 1. The van der Waals surface area contributed by atoms with Gasteiger partial charge in [-0.05, 0) is 32.9 Å². The number of hydrogen-bond acceptors (Lipinski definition) is 4. The number of halogens is 1. The van der Waals surface area contributed by atoms with Crippen LogP contribution in [0.5, 0.6) is 0 Å². The predicted molar refractivity (Wildman–Crippen MR) is 126 cm³/mol. The summed E-state index contributed by atoms with van der Waals surface area (Å²) < 4.78 is 5.46. The summed E-state index contributed by atoms with van der Waals surface area (Å²) in [5.74, 6) is 0.847. The molecular formula is C20H36IN5O. The molecule has 0 radical (unpaired) electrons. The Morgan fingerprint density at radius 3 is 2.44 bits per heavy atom. The van der Waals surface area contributed by atoms with E-state index in [-0.39, 0.29) is 29.5 Å². The van der Waals surface area contributed by atoms with Gasteiger partial charge in [0.1, 0.15) is 0 Å². The summed E-state index contributed by atoms with van der Waals surface area (Å²) >= 11 is 0. The molecule has 1 unspecified atom stereocenters. The average molecular weight is 489 g/mol. The first-order valence-electron chi connectivity index (χ1n) is 9.49. The smallest absolute Gasteiger partial charge is 0.191 e. The molecule has 1 aromatic rings. The van der Waals surface area contributed by atoms with E-state index >= 15 is 0 Å². The van der Waals surface area contributed by atoms with Crippen LogP contribution in [0.4, 0.5) is 5.69 Å². The van der Waals surface area contributed by atoms with Gasteiger partial charge in [-0.25, -0.2) is 0 Å². The molecular weight excluding hydrogens is 453 g/mol. The molecule has 0 saturated carbocycles. The van der Waals surface area contributed by atoms with Crippen molar-refractivity contribution in [1.29, 1.82) is 0 Å². The van der Waals surface area contributed by atoms with Gasteiger partial charge < -0.3 is 20.3 Å². The van der Waals surface area contributed by atoms with E-state index in [9.17, 15) is 0 Å². The lowest BCUT2D eigenvalue weighted by atomic mass is 10.0. The van der Waals surface area contributed by atoms with E-state index in [2.05, 4.69) is 77.5 Å². The van der Waals surface area contributed by atoms with Gasteiger partial charge in [0.25, 0.3) is 0 Å². The van der Waals surface area contributed by atoms with E-state index in [1.54, 1.807) is 0 Å². The molecule has 1 aliphatic rings. The lowest BCUT2D eigenvalue weighted by Crippen LogP contribution is -2.57. The molecule has 1 aromatic carbocycles. The van der Waals surface area contributed by atoms with Gasteiger partial charge in [0.2, 0.25) is 0 Å². The Bertz CT molecular complexity index is 561. The first-order chi connectivity index (χ1) is 12.4. The summed E-state index contributed by atoms with van der Waals surface area (Å²) in [4.78, 5) is 9.12. The van der Waals surface area contributed by atoms with Crippen molar-refractivity contribution >= 4 is 35.6 Å². The second-order valence-electron chi connectivity index (χ2n) is 7.51. The van der Waals surface area contributed by atoms with Crippen LogP contribution in [0.15, 0.2) is 35.3 Å². The normalized spacial score (nSPS) is 17.0. The van der Waals surface area contributed by atoms with Crippen molar-refractivity contribution in [2.75, 3.05) is 58.4 Å². The minimum Gasteiger partial charge on any atom is -0.379 e. The molecule has 1 saturated heterocycles. The molecule has 1 fully saturated rings. The molecule has 0 aromatic heterocycles. The van der Waals surface area contributed by atoms with E-state index in [1.807, 2.05) is 13.1 Å². The second kappa shape index (κ2) is 11.7. The van der Waals surface area contributed by atoms with Crippen molar-refractivity contribution in [2.24, 2.45) is 4.99 Å². The quantitative estimate of drug-likeness (QED) is 0.350. The van der Waals surface area contributed by atoms with E-state index in [4.69, 9.17) is 4.74 Å². The summed E-state index contributed by atoms with van der Waals surface area (Å²) in [6.07, 6.45) is 0. The third kappa shape index (κ3) is 7.46. The third-order valence-electron chi connectivity index (χ3n) is 5.17. The fourth-order valence-electron chi connectivity index (χ4n) is 3.10. The Kier molecular flexibility index (Phi) is 10.4. The molecule has 7 heteroatoms. The van der Waals surface area contributed by atoms with Crippen LogP contribution >= 0.6 is 24.0 Å². The Morgan fingerprint density at radius 2 is 1.85 bits per heavy atom. The summed E-state index contributed by atoms with van der Waals surface area (Å²) in [6, 6.07) is 10.8. The highest BCUT2D eigenvalue weighted by atomic mass is 127. The van der Waals surface area contributed by atoms with E-state index < -0.39 is 0 Å². The summed E-state index contributed by atoms with van der Waals surface area (Å²) in [5, 5.41) is 6.93. The average Bonchev–Trinajstić information content (AvgIpc) is 2.68. The Morgan fingerprint density at radius 1 is 1.22 bits per heavy atom. The maximum atomic E-state index is 5.46. The molecule has 1 heterocycles. The van der Waals surface area contributed by atoms with Crippen LogP contribution in [0, 0.1) is 0 Å². The van der Waals surface area contributed by atoms with Crippen molar-refractivity contribution in [3.8, 4) is 0 Å². The van der Waals surface area contributed by atoms with Crippen LogP contribution in [0.3, 0.4) is 0 Å². The maximum Gasteiger partial charge on any atom is 0.191 e. The van der Waals surface area contributed by atoms with Crippen LogP contribution in [0.2, 0.25) is 0 Å². The van der Waals surface area contributed by atoms with Gasteiger partial charge in [-0.1, -0.05) is 18.2 Å². The summed E-state index contributed by atoms with van der Waals surface area (Å²) in [7, 11) is 3.95. The number of rotatable bonds is 7. The third-order valence-corrected chi connectivity index (χ3v) is 5.17. The van der Waals surface area contributed by atoms with Crippen LogP contribution in [0.25, 0.3) is 0 Å². The van der Waals surface area contributed by atoms with E-state index in [0.717, 1.165) is 45.4 Å². The number of likely N-dealkylation sites (N-methyl/N-ethyl adjacent to an activating group) is 1. The van der Waals surface area contributed by atoms with E-state index in [1.165, 1.54) is 5.69 Å². The molecule has 0 bridgehead atoms. The highest BCUT2D eigenvalue weighted by molar-refractivity contribution is 14.0. The molecule has 1 atom stereocenters. The number of morpholine rings is 1. The van der Waals surface area contributed by atoms with Gasteiger partial charge in [0.05, 0.1) is 13.2 Å². The zero-order chi connectivity index (χ0) is 19.0. The largest absolute Gasteiger partial charge is 0.379 e. The van der Waals surface area contributed by atoms with Crippen molar-refractivity contribution < 1.29 is 4.74 Å². The Labute approximate surface area is 181 Å². The fraction of sp³-hybridized carbons (Fsp3) is 0.650. The van der Waals surface area contributed by atoms with Crippen LogP contribution in [-0.2, 0) is 4.74 Å². The van der Waals surface area contributed by atoms with Crippen LogP contribution in [-0.4, -0.2) is 75.9 Å². The minimum atomic E-state index is 0. The SMILES string of the molecule is CN=C(NCC(C)N(C)c1ccccc1)NCC(C)(C)N1CCOCC1.I. The van der Waals surface area contributed by atoms with Gasteiger partial charge in [0.15, 0.2) is 5.96 Å². The highest BCUT2D eigenvalue weighted by Gasteiger charge is 2.28. The maximum absolute atomic E-state index is 5.46. The highest BCUT2D eigenvalue weighted by Crippen LogP contribution is 2.15. The fourth-order valence-corrected chi connectivity index (χ4v) is 3.10. The molecule has 154 valence electrons. The van der Waals surface area contributed by atoms with Crippen molar-refractivity contribution in [3.63, 3.8) is 0 Å². The summed E-state index contributed by atoms with van der Waals surface area (Å²) in [6.45, 7) is 12.0. The minimum absolute atomic E-state index is 0. The lowest BCUT2D eigenvalue weighted by Gasteiger charge is -2.41. The van der Waals surface area contributed by atoms with Crippen molar-refractivity contribution in [1.82, 2.24) is 15.5 Å². The van der Waals surface area contributed by atoms with Gasteiger partial charge in [-0.2, -0.15) is 0 Å². The molecule has 1 aliphatic heterocycles. The first-order valence-corrected chi connectivity index (χ1v) is 9.49. The molecule has 2 N–H and O–H groups in total. The number of para-hydroxylation sites is 1. The standard InChI is InChI=1S/C20H35N5O.HI/c1-17(24(5)18-9-7-6-8-10-18)15-22-19(21-4)23-16-20(2,3)25-11-13-26-14-12-25;/h6-10,17H,11-16H2,1-5H3,(H2,21,22,23);1H. The number of aliphatic imine (C=N–C) groups is 1. The van der Waals surface area contributed by atoms with Crippen molar-refractivity contribution in [3.05, 3.63) is 30.3 Å². The number of nitrogens with one attached hydrogen (secondary N) is 2. The number of ether oxygens (including phenoxy) is 1. The Balaban J connectivity index is 0.00000364. The molecule has 0 spiro atoms. The lowest BCUT2D eigenvalue weighted by molar-refractivity contribution is -0.00834. The Hall–Kier alpha value is -1.06. The predicted octanol–water partition coefficient (Wildman–Crippen LogP) is 2.41. The van der Waals surface area contributed by atoms with Gasteiger partial charge >= 0.3 is 0 Å². The molecule has 0 aliphatic carbocycles. The molecule has 27 heavy (non-hydrogen) atoms. The van der Waals surface area contributed by atoms with Gasteiger partial charge in [-0.3, -0.25) is 9.89 Å². The number of hydrogen-bond donors (Lipinski definition) is 2. The molecule has 2 rings (SSSR count). The summed E-state index contributed by atoms with van der Waals surface area (Å²) in [5.41, 5.74) is 1.28.